The first-order chi connectivity index (χ1) is 4.77. The molecule has 1 saturated heterocycles. The number of alkyl halides is 1. The summed E-state index contributed by atoms with van der Waals surface area (Å²) in [5.41, 5.74) is 0. The summed E-state index contributed by atoms with van der Waals surface area (Å²) in [6.45, 7) is 4.77. The van der Waals surface area contributed by atoms with E-state index < -0.39 is 12.8 Å². The number of hydrogen-bond acceptors (Lipinski definition) is 2. The molecule has 1 N–H and O–H groups in total. The largest absolute Gasteiger partial charge is 0.394 e. The highest BCUT2D eigenvalue weighted by Crippen LogP contribution is 2.25. The lowest BCUT2D eigenvalue weighted by Gasteiger charge is -2.11. The molecule has 1 fully saturated rings. The van der Waals surface area contributed by atoms with Crippen molar-refractivity contribution in [1.82, 2.24) is 0 Å². The quantitative estimate of drug-likeness (QED) is 0.612. The van der Waals surface area contributed by atoms with E-state index in [1.54, 1.807) is 0 Å². The van der Waals surface area contributed by atoms with Gasteiger partial charge < -0.3 is 9.84 Å². The first-order valence-corrected chi connectivity index (χ1v) is 3.35. The van der Waals surface area contributed by atoms with Gasteiger partial charge in [0.2, 0.25) is 0 Å². The highest BCUT2D eigenvalue weighted by Gasteiger charge is 2.32. The van der Waals surface area contributed by atoms with Gasteiger partial charge in [-0.1, -0.05) is 0 Å². The van der Waals surface area contributed by atoms with Crippen LogP contribution in [0.1, 0.15) is 6.42 Å². The summed E-state index contributed by atoms with van der Waals surface area (Å²) >= 11 is 0. The summed E-state index contributed by atoms with van der Waals surface area (Å²) < 4.78 is 17.1. The Morgan fingerprint density at radius 3 is 2.80 bits per heavy atom. The molecule has 0 amide bonds. The fraction of sp³-hybridized carbons (Fsp3) is 0.857. The maximum atomic E-state index is 12.1. The molecule has 0 bridgehead atoms. The molecule has 1 aliphatic rings. The van der Waals surface area contributed by atoms with Crippen LogP contribution in [0.25, 0.3) is 0 Å². The second kappa shape index (κ2) is 3.30. The second-order valence-corrected chi connectivity index (χ2v) is 2.55. The Bertz CT molecular complexity index is 95.8. The highest BCUT2D eigenvalue weighted by atomic mass is 19.1. The van der Waals surface area contributed by atoms with E-state index >= 15 is 0 Å². The van der Waals surface area contributed by atoms with Crippen LogP contribution in [0.5, 0.6) is 0 Å². The first-order valence-electron chi connectivity index (χ1n) is 3.35. The smallest absolute Gasteiger partial charge is 0.0949 e. The third kappa shape index (κ3) is 1.47. The molecule has 2 nitrogen and oxygen atoms in total. The van der Waals surface area contributed by atoms with Gasteiger partial charge in [0.1, 0.15) is 0 Å². The molecule has 1 heterocycles. The Morgan fingerprint density at radius 1 is 1.70 bits per heavy atom. The van der Waals surface area contributed by atoms with Gasteiger partial charge in [-0.05, 0) is 13.3 Å². The molecule has 3 atom stereocenters. The molecule has 1 aliphatic heterocycles. The van der Waals surface area contributed by atoms with Crippen molar-refractivity contribution in [3.8, 4) is 0 Å². The predicted molar refractivity (Wildman–Crippen MR) is 34.1 cm³/mol. The fourth-order valence-electron chi connectivity index (χ4n) is 1.20. The third-order valence-corrected chi connectivity index (χ3v) is 1.79. The van der Waals surface area contributed by atoms with Crippen LogP contribution < -0.4 is 0 Å². The summed E-state index contributed by atoms with van der Waals surface area (Å²) in [6, 6.07) is 0. The number of ether oxygens (including phenoxy) is 1. The zero-order valence-corrected chi connectivity index (χ0v) is 5.66. The van der Waals surface area contributed by atoms with Crippen LogP contribution in [0.15, 0.2) is 0 Å². The van der Waals surface area contributed by atoms with E-state index in [2.05, 4.69) is 0 Å². The van der Waals surface area contributed by atoms with E-state index in [4.69, 9.17) is 16.8 Å². The van der Waals surface area contributed by atoms with Gasteiger partial charge in [0.15, 0.2) is 0 Å². The molecule has 0 spiro atoms. The van der Waals surface area contributed by atoms with Crippen molar-refractivity contribution in [2.45, 2.75) is 18.6 Å². The minimum atomic E-state index is -0.459. The van der Waals surface area contributed by atoms with E-state index in [1.165, 1.54) is 0 Å². The molecule has 58 valence electrons. The molecule has 3 heteroatoms. The van der Waals surface area contributed by atoms with Crippen LogP contribution in [0.4, 0.5) is 4.39 Å². The molecule has 0 saturated carbocycles. The number of halogens is 1. The molecule has 2 radical (unpaired) electrons. The van der Waals surface area contributed by atoms with Gasteiger partial charge in [-0.25, -0.2) is 0 Å². The summed E-state index contributed by atoms with van der Waals surface area (Å²) in [7, 11) is 0. The SMILES string of the molecule is [CH][C@H]1C[C@@H](CF)[C@@H](CO)O1. The van der Waals surface area contributed by atoms with E-state index in [-0.39, 0.29) is 18.6 Å². The summed E-state index contributed by atoms with van der Waals surface area (Å²) in [4.78, 5) is 0. The van der Waals surface area contributed by atoms with Crippen LogP contribution in [-0.4, -0.2) is 30.6 Å². The summed E-state index contributed by atoms with van der Waals surface area (Å²) in [6.07, 6.45) is -0.264. The van der Waals surface area contributed by atoms with Gasteiger partial charge in [0.05, 0.1) is 25.5 Å². The van der Waals surface area contributed by atoms with Gasteiger partial charge in [-0.15, -0.1) is 0 Å². The van der Waals surface area contributed by atoms with E-state index in [1.807, 2.05) is 0 Å². The van der Waals surface area contributed by atoms with Crippen molar-refractivity contribution in [2.24, 2.45) is 5.92 Å². The zero-order valence-electron chi connectivity index (χ0n) is 5.66. The van der Waals surface area contributed by atoms with Crippen molar-refractivity contribution in [1.29, 1.82) is 0 Å². The zero-order chi connectivity index (χ0) is 7.56. The Labute approximate surface area is 60.0 Å². The molecule has 0 aromatic rings. The normalized spacial score (nSPS) is 40.5. The van der Waals surface area contributed by atoms with Crippen molar-refractivity contribution in [2.75, 3.05) is 13.3 Å². The Balaban J connectivity index is 2.41. The van der Waals surface area contributed by atoms with Crippen LogP contribution in [0, 0.1) is 12.8 Å². The monoisotopic (exact) mass is 146 g/mol. The summed E-state index contributed by atoms with van der Waals surface area (Å²) in [5.74, 6) is -0.208. The number of aliphatic hydroxyl groups excluding tert-OH is 1. The van der Waals surface area contributed by atoms with Crippen LogP contribution in [0.3, 0.4) is 0 Å². The lowest BCUT2D eigenvalue weighted by atomic mass is 10.0. The number of hydrogen-bond donors (Lipinski definition) is 1. The van der Waals surface area contributed by atoms with Crippen molar-refractivity contribution in [3.63, 3.8) is 0 Å². The molecule has 0 unspecified atom stereocenters. The van der Waals surface area contributed by atoms with Gasteiger partial charge in [0, 0.05) is 5.92 Å². The highest BCUT2D eigenvalue weighted by molar-refractivity contribution is 4.82. The molecule has 0 aromatic heterocycles. The van der Waals surface area contributed by atoms with Crippen LogP contribution in [-0.2, 0) is 4.74 Å². The van der Waals surface area contributed by atoms with E-state index in [0.29, 0.717) is 6.42 Å². The van der Waals surface area contributed by atoms with Crippen molar-refractivity contribution in [3.05, 3.63) is 6.92 Å². The Kier molecular flexibility index (Phi) is 2.63. The molecule has 1 rings (SSSR count). The molecular formula is C7H11FO2. The van der Waals surface area contributed by atoms with E-state index in [9.17, 15) is 4.39 Å². The van der Waals surface area contributed by atoms with Crippen LogP contribution >= 0.6 is 0 Å². The van der Waals surface area contributed by atoms with Gasteiger partial charge in [0.25, 0.3) is 0 Å². The lowest BCUT2D eigenvalue weighted by Crippen LogP contribution is -2.21. The van der Waals surface area contributed by atoms with Gasteiger partial charge in [-0.2, -0.15) is 0 Å². The van der Waals surface area contributed by atoms with Crippen LogP contribution in [0.2, 0.25) is 0 Å². The third-order valence-electron chi connectivity index (χ3n) is 1.79. The molecule has 0 aliphatic carbocycles. The minimum absolute atomic E-state index is 0.137. The van der Waals surface area contributed by atoms with Crippen molar-refractivity contribution >= 4 is 0 Å². The number of rotatable bonds is 2. The molecule has 10 heavy (non-hydrogen) atoms. The fourth-order valence-corrected chi connectivity index (χ4v) is 1.20. The lowest BCUT2D eigenvalue weighted by molar-refractivity contribution is 0.0120. The average molecular weight is 146 g/mol. The van der Waals surface area contributed by atoms with Crippen molar-refractivity contribution < 1.29 is 14.2 Å². The summed E-state index contributed by atoms with van der Waals surface area (Å²) in [5, 5.41) is 8.64. The minimum Gasteiger partial charge on any atom is -0.394 e. The maximum Gasteiger partial charge on any atom is 0.0949 e. The first kappa shape index (κ1) is 7.95. The van der Waals surface area contributed by atoms with Gasteiger partial charge in [-0.3, -0.25) is 4.39 Å². The topological polar surface area (TPSA) is 29.5 Å². The Morgan fingerprint density at radius 2 is 2.40 bits per heavy atom. The predicted octanol–water partition coefficient (Wildman–Crippen LogP) is 0.433. The number of aliphatic hydroxyl groups is 1. The second-order valence-electron chi connectivity index (χ2n) is 2.55. The standard InChI is InChI=1S/C7H11FO2/c1-5-2-6(3-8)7(4-9)10-5/h1,5-7,9H,2-4H2/t5-,6-,7+/m0/s1. The van der Waals surface area contributed by atoms with E-state index in [0.717, 1.165) is 0 Å². The van der Waals surface area contributed by atoms with Gasteiger partial charge >= 0.3 is 0 Å². The Hall–Kier alpha value is -0.150. The molecular weight excluding hydrogens is 135 g/mol. The molecule has 0 aromatic carbocycles. The average Bonchev–Trinajstić information content (AvgIpc) is 2.30. The maximum absolute atomic E-state index is 12.1.